The van der Waals surface area contributed by atoms with Gasteiger partial charge in [0.2, 0.25) is 0 Å². The van der Waals surface area contributed by atoms with Gasteiger partial charge in [-0.25, -0.2) is 0 Å². The van der Waals surface area contributed by atoms with E-state index in [2.05, 4.69) is 53.8 Å². The molecule has 1 N–H and O–H groups in total. The third-order valence-corrected chi connectivity index (χ3v) is 3.46. The SMILES string of the molecule is CCNCc1cnoc1-c1ccc(-c2ccccc2)cc1. The zero-order valence-electron chi connectivity index (χ0n) is 12.0. The molecule has 3 rings (SSSR count). The Bertz CT molecular complexity index is 687. The number of benzene rings is 2. The predicted molar refractivity (Wildman–Crippen MR) is 84.8 cm³/mol. The maximum Gasteiger partial charge on any atom is 0.171 e. The summed E-state index contributed by atoms with van der Waals surface area (Å²) in [5, 5.41) is 7.22. The molecule has 0 aliphatic rings. The van der Waals surface area contributed by atoms with Gasteiger partial charge in [-0.2, -0.15) is 0 Å². The fourth-order valence-corrected chi connectivity index (χ4v) is 2.33. The van der Waals surface area contributed by atoms with E-state index in [1.54, 1.807) is 6.20 Å². The summed E-state index contributed by atoms with van der Waals surface area (Å²) < 4.78 is 5.40. The molecule has 0 radical (unpaired) electrons. The maximum absolute atomic E-state index is 5.40. The smallest absolute Gasteiger partial charge is 0.171 e. The highest BCUT2D eigenvalue weighted by Gasteiger charge is 2.10. The quantitative estimate of drug-likeness (QED) is 0.763. The monoisotopic (exact) mass is 278 g/mol. The van der Waals surface area contributed by atoms with Crippen LogP contribution in [0.1, 0.15) is 12.5 Å². The van der Waals surface area contributed by atoms with Crippen molar-refractivity contribution in [2.24, 2.45) is 0 Å². The molecule has 1 heterocycles. The molecule has 3 heteroatoms. The van der Waals surface area contributed by atoms with Crippen LogP contribution in [0.5, 0.6) is 0 Å². The van der Waals surface area contributed by atoms with Crippen molar-refractivity contribution < 1.29 is 4.52 Å². The first-order chi connectivity index (χ1) is 10.4. The van der Waals surface area contributed by atoms with Gasteiger partial charge < -0.3 is 9.84 Å². The molecule has 2 aromatic carbocycles. The van der Waals surface area contributed by atoms with Crippen molar-refractivity contribution in [3.8, 4) is 22.5 Å². The summed E-state index contributed by atoms with van der Waals surface area (Å²) in [6.07, 6.45) is 1.78. The highest BCUT2D eigenvalue weighted by Crippen LogP contribution is 2.27. The molecule has 106 valence electrons. The van der Waals surface area contributed by atoms with Gasteiger partial charge in [0.25, 0.3) is 0 Å². The first kappa shape index (κ1) is 13.6. The van der Waals surface area contributed by atoms with Crippen LogP contribution in [0.15, 0.2) is 65.3 Å². The van der Waals surface area contributed by atoms with Crippen LogP contribution < -0.4 is 5.32 Å². The number of nitrogens with zero attached hydrogens (tertiary/aromatic N) is 1. The fraction of sp³-hybridized carbons (Fsp3) is 0.167. The molecule has 0 fully saturated rings. The number of hydrogen-bond acceptors (Lipinski definition) is 3. The zero-order valence-corrected chi connectivity index (χ0v) is 12.0. The highest BCUT2D eigenvalue weighted by molar-refractivity contribution is 5.69. The van der Waals surface area contributed by atoms with Crippen LogP contribution in [0.4, 0.5) is 0 Å². The number of hydrogen-bond donors (Lipinski definition) is 1. The predicted octanol–water partition coefficient (Wildman–Crippen LogP) is 4.12. The van der Waals surface area contributed by atoms with E-state index < -0.39 is 0 Å². The second-order valence-electron chi connectivity index (χ2n) is 4.90. The largest absolute Gasteiger partial charge is 0.356 e. The summed E-state index contributed by atoms with van der Waals surface area (Å²) in [5.74, 6) is 0.843. The molecule has 0 amide bonds. The molecule has 0 saturated heterocycles. The van der Waals surface area contributed by atoms with Gasteiger partial charge in [0, 0.05) is 17.7 Å². The van der Waals surface area contributed by atoms with Crippen LogP contribution in [0.3, 0.4) is 0 Å². The van der Waals surface area contributed by atoms with Crippen LogP contribution >= 0.6 is 0 Å². The van der Waals surface area contributed by atoms with Crippen LogP contribution in [0.2, 0.25) is 0 Å². The Balaban J connectivity index is 1.86. The summed E-state index contributed by atoms with van der Waals surface area (Å²) in [6.45, 7) is 3.79. The maximum atomic E-state index is 5.40. The van der Waals surface area contributed by atoms with Gasteiger partial charge in [-0.05, 0) is 17.7 Å². The summed E-state index contributed by atoms with van der Waals surface area (Å²) in [7, 11) is 0. The molecular weight excluding hydrogens is 260 g/mol. The minimum atomic E-state index is 0.774. The van der Waals surface area contributed by atoms with E-state index in [4.69, 9.17) is 4.52 Å². The Kier molecular flexibility index (Phi) is 4.12. The molecule has 0 unspecified atom stereocenters. The van der Waals surface area contributed by atoms with Crippen LogP contribution in [-0.4, -0.2) is 11.7 Å². The first-order valence-electron chi connectivity index (χ1n) is 7.18. The lowest BCUT2D eigenvalue weighted by atomic mass is 10.0. The normalized spacial score (nSPS) is 10.7. The molecule has 3 nitrogen and oxygen atoms in total. The van der Waals surface area contributed by atoms with Gasteiger partial charge in [0.15, 0.2) is 5.76 Å². The van der Waals surface area contributed by atoms with Crippen molar-refractivity contribution in [3.63, 3.8) is 0 Å². The van der Waals surface area contributed by atoms with Gasteiger partial charge in [-0.1, -0.05) is 66.7 Å². The van der Waals surface area contributed by atoms with Crippen molar-refractivity contribution in [2.45, 2.75) is 13.5 Å². The summed E-state index contributed by atoms with van der Waals surface area (Å²) in [4.78, 5) is 0. The van der Waals surface area contributed by atoms with Gasteiger partial charge in [-0.15, -0.1) is 0 Å². The minimum absolute atomic E-state index is 0.774. The van der Waals surface area contributed by atoms with Crippen LogP contribution in [-0.2, 0) is 6.54 Å². The minimum Gasteiger partial charge on any atom is -0.356 e. The summed E-state index contributed by atoms with van der Waals surface area (Å²) in [6, 6.07) is 18.7. The first-order valence-corrected chi connectivity index (χ1v) is 7.18. The number of aromatic nitrogens is 1. The molecular formula is C18H18N2O. The topological polar surface area (TPSA) is 38.1 Å². The molecule has 21 heavy (non-hydrogen) atoms. The second kappa shape index (κ2) is 6.37. The molecule has 0 atom stereocenters. The lowest BCUT2D eigenvalue weighted by Crippen LogP contribution is -2.11. The Morgan fingerprint density at radius 2 is 1.57 bits per heavy atom. The Hall–Kier alpha value is -2.39. The number of rotatable bonds is 5. The van der Waals surface area contributed by atoms with E-state index >= 15 is 0 Å². The standard InChI is InChI=1S/C18H18N2O/c1-2-19-12-17-13-20-21-18(17)16-10-8-15(9-11-16)14-6-4-3-5-7-14/h3-11,13,19H,2,12H2,1H3. The molecule has 0 aliphatic carbocycles. The van der Waals surface area contributed by atoms with Gasteiger partial charge >= 0.3 is 0 Å². The van der Waals surface area contributed by atoms with Crippen molar-refractivity contribution in [1.29, 1.82) is 0 Å². The molecule has 1 aromatic heterocycles. The second-order valence-corrected chi connectivity index (χ2v) is 4.90. The zero-order chi connectivity index (χ0) is 14.5. The Morgan fingerprint density at radius 3 is 2.29 bits per heavy atom. The molecule has 3 aromatic rings. The highest BCUT2D eigenvalue weighted by atomic mass is 16.5. The van der Waals surface area contributed by atoms with Crippen molar-refractivity contribution in [3.05, 3.63) is 66.4 Å². The third-order valence-electron chi connectivity index (χ3n) is 3.46. The number of nitrogens with one attached hydrogen (secondary N) is 1. The average Bonchev–Trinajstić information content (AvgIpc) is 3.02. The van der Waals surface area contributed by atoms with E-state index in [1.807, 2.05) is 18.2 Å². The van der Waals surface area contributed by atoms with Crippen molar-refractivity contribution >= 4 is 0 Å². The van der Waals surface area contributed by atoms with Gasteiger partial charge in [0.05, 0.1) is 6.20 Å². The van der Waals surface area contributed by atoms with E-state index in [-0.39, 0.29) is 0 Å². The lowest BCUT2D eigenvalue weighted by molar-refractivity contribution is 0.431. The fourth-order valence-electron chi connectivity index (χ4n) is 2.33. The third kappa shape index (κ3) is 3.03. The summed E-state index contributed by atoms with van der Waals surface area (Å²) in [5.41, 5.74) is 4.56. The van der Waals surface area contributed by atoms with E-state index in [0.717, 1.165) is 30.0 Å². The van der Waals surface area contributed by atoms with Crippen LogP contribution in [0.25, 0.3) is 22.5 Å². The van der Waals surface area contributed by atoms with Crippen molar-refractivity contribution in [1.82, 2.24) is 10.5 Å². The van der Waals surface area contributed by atoms with E-state index in [0.29, 0.717) is 0 Å². The molecule has 0 saturated carbocycles. The lowest BCUT2D eigenvalue weighted by Gasteiger charge is -2.04. The van der Waals surface area contributed by atoms with Gasteiger partial charge in [0.1, 0.15) is 0 Å². The van der Waals surface area contributed by atoms with E-state index in [1.165, 1.54) is 11.1 Å². The Labute approximate surface area is 124 Å². The van der Waals surface area contributed by atoms with Gasteiger partial charge in [-0.3, -0.25) is 0 Å². The molecule has 0 spiro atoms. The average molecular weight is 278 g/mol. The summed E-state index contributed by atoms with van der Waals surface area (Å²) >= 11 is 0. The van der Waals surface area contributed by atoms with E-state index in [9.17, 15) is 0 Å². The molecule has 0 aliphatic heterocycles. The van der Waals surface area contributed by atoms with Crippen LogP contribution in [0, 0.1) is 0 Å². The Morgan fingerprint density at radius 1 is 0.905 bits per heavy atom. The molecule has 0 bridgehead atoms. The van der Waals surface area contributed by atoms with Crippen molar-refractivity contribution in [2.75, 3.05) is 6.54 Å².